The van der Waals surface area contributed by atoms with E-state index in [0.29, 0.717) is 16.9 Å². The molecule has 1 atom stereocenters. The molecule has 0 bridgehead atoms. The highest BCUT2D eigenvalue weighted by atomic mass is 15.0. The third-order valence-corrected chi connectivity index (χ3v) is 4.42. The Kier molecular flexibility index (Phi) is 3.82. The SMILES string of the molecule is CCNC(C(C)(C)C)C1(c2ccccc2)CCC1. The van der Waals surface area contributed by atoms with Gasteiger partial charge in [0, 0.05) is 11.5 Å². The van der Waals surface area contributed by atoms with E-state index >= 15 is 0 Å². The number of likely N-dealkylation sites (N-methyl/N-ethyl adjacent to an activating group) is 1. The van der Waals surface area contributed by atoms with Crippen LogP contribution in [0.2, 0.25) is 0 Å². The van der Waals surface area contributed by atoms with Crippen LogP contribution < -0.4 is 5.32 Å². The molecule has 1 aliphatic carbocycles. The Labute approximate surface area is 112 Å². The summed E-state index contributed by atoms with van der Waals surface area (Å²) in [5, 5.41) is 3.76. The summed E-state index contributed by atoms with van der Waals surface area (Å²) in [6.45, 7) is 10.4. The van der Waals surface area contributed by atoms with Crippen LogP contribution in [-0.2, 0) is 5.41 Å². The Morgan fingerprint density at radius 2 is 1.78 bits per heavy atom. The molecule has 1 aromatic rings. The number of hydrogen-bond acceptors (Lipinski definition) is 1. The molecule has 1 N–H and O–H groups in total. The largest absolute Gasteiger partial charge is 0.313 e. The zero-order valence-electron chi connectivity index (χ0n) is 12.3. The summed E-state index contributed by atoms with van der Waals surface area (Å²) < 4.78 is 0. The molecular formula is C17H27N. The number of rotatable bonds is 4. The monoisotopic (exact) mass is 245 g/mol. The third-order valence-electron chi connectivity index (χ3n) is 4.42. The molecule has 1 nitrogen and oxygen atoms in total. The van der Waals surface area contributed by atoms with E-state index in [1.54, 1.807) is 0 Å². The second-order valence-corrected chi connectivity index (χ2v) is 6.73. The Bertz CT molecular complexity index is 370. The number of hydrogen-bond donors (Lipinski definition) is 1. The van der Waals surface area contributed by atoms with E-state index < -0.39 is 0 Å². The molecule has 100 valence electrons. The van der Waals surface area contributed by atoms with Crippen molar-refractivity contribution in [3.8, 4) is 0 Å². The zero-order valence-corrected chi connectivity index (χ0v) is 12.3. The standard InChI is InChI=1S/C17H27N/c1-5-18-15(16(2,3)4)17(12-9-13-17)14-10-7-6-8-11-14/h6-8,10-11,15,18H,5,9,12-13H2,1-4H3. The molecular weight excluding hydrogens is 218 g/mol. The van der Waals surface area contributed by atoms with E-state index in [9.17, 15) is 0 Å². The van der Waals surface area contributed by atoms with Gasteiger partial charge in [-0.1, -0.05) is 64.4 Å². The molecule has 0 aromatic heterocycles. The van der Waals surface area contributed by atoms with E-state index in [4.69, 9.17) is 0 Å². The molecule has 1 unspecified atom stereocenters. The molecule has 1 aliphatic rings. The van der Waals surface area contributed by atoms with Gasteiger partial charge in [-0.2, -0.15) is 0 Å². The van der Waals surface area contributed by atoms with Crippen molar-refractivity contribution in [1.29, 1.82) is 0 Å². The van der Waals surface area contributed by atoms with Crippen molar-refractivity contribution in [3.63, 3.8) is 0 Å². The van der Waals surface area contributed by atoms with Crippen LogP contribution >= 0.6 is 0 Å². The van der Waals surface area contributed by atoms with E-state index in [1.165, 1.54) is 24.8 Å². The van der Waals surface area contributed by atoms with Crippen LogP contribution in [0.3, 0.4) is 0 Å². The van der Waals surface area contributed by atoms with Gasteiger partial charge in [-0.05, 0) is 30.4 Å². The van der Waals surface area contributed by atoms with Gasteiger partial charge in [0.2, 0.25) is 0 Å². The molecule has 0 saturated heterocycles. The summed E-state index contributed by atoms with van der Waals surface area (Å²) in [5.41, 5.74) is 2.18. The highest BCUT2D eigenvalue weighted by Gasteiger charge is 2.49. The van der Waals surface area contributed by atoms with E-state index in [0.717, 1.165) is 6.54 Å². The fraction of sp³-hybridized carbons (Fsp3) is 0.647. The van der Waals surface area contributed by atoms with Crippen LogP contribution in [0.1, 0.15) is 52.5 Å². The van der Waals surface area contributed by atoms with E-state index in [1.807, 2.05) is 0 Å². The Morgan fingerprint density at radius 1 is 1.17 bits per heavy atom. The van der Waals surface area contributed by atoms with Crippen LogP contribution in [0.5, 0.6) is 0 Å². The average molecular weight is 245 g/mol. The van der Waals surface area contributed by atoms with Crippen molar-refractivity contribution in [2.45, 2.75) is 58.4 Å². The van der Waals surface area contributed by atoms with Crippen LogP contribution in [0.25, 0.3) is 0 Å². The minimum Gasteiger partial charge on any atom is -0.313 e. The van der Waals surface area contributed by atoms with Crippen molar-refractivity contribution in [1.82, 2.24) is 5.32 Å². The van der Waals surface area contributed by atoms with Gasteiger partial charge in [0.05, 0.1) is 0 Å². The topological polar surface area (TPSA) is 12.0 Å². The molecule has 18 heavy (non-hydrogen) atoms. The summed E-state index contributed by atoms with van der Waals surface area (Å²) in [6, 6.07) is 11.7. The first kappa shape index (κ1) is 13.6. The molecule has 1 heteroatoms. The normalized spacial score (nSPS) is 20.2. The Balaban J connectivity index is 2.36. The lowest BCUT2D eigenvalue weighted by atomic mass is 9.55. The summed E-state index contributed by atoms with van der Waals surface area (Å²) in [4.78, 5) is 0. The van der Waals surface area contributed by atoms with Gasteiger partial charge in [0.1, 0.15) is 0 Å². The van der Waals surface area contributed by atoms with Crippen LogP contribution in [-0.4, -0.2) is 12.6 Å². The van der Waals surface area contributed by atoms with Crippen LogP contribution in [0, 0.1) is 5.41 Å². The lowest BCUT2D eigenvalue weighted by Crippen LogP contribution is -2.58. The minimum atomic E-state index is 0.298. The molecule has 1 fully saturated rings. The van der Waals surface area contributed by atoms with Gasteiger partial charge in [-0.15, -0.1) is 0 Å². The zero-order chi connectivity index (χ0) is 13.2. The summed E-state index contributed by atoms with van der Waals surface area (Å²) in [6.07, 6.45) is 4.02. The fourth-order valence-corrected chi connectivity index (χ4v) is 3.61. The second kappa shape index (κ2) is 5.05. The fourth-order valence-electron chi connectivity index (χ4n) is 3.61. The van der Waals surface area contributed by atoms with Gasteiger partial charge >= 0.3 is 0 Å². The molecule has 0 radical (unpaired) electrons. The molecule has 1 saturated carbocycles. The molecule has 0 amide bonds. The molecule has 1 aromatic carbocycles. The first-order valence-corrected chi connectivity index (χ1v) is 7.29. The molecule has 0 spiro atoms. The van der Waals surface area contributed by atoms with Crippen molar-refractivity contribution in [2.75, 3.05) is 6.54 Å². The number of nitrogens with one attached hydrogen (secondary N) is 1. The molecule has 0 heterocycles. The summed E-state index contributed by atoms with van der Waals surface area (Å²) >= 11 is 0. The minimum absolute atomic E-state index is 0.298. The maximum Gasteiger partial charge on any atom is 0.0212 e. The van der Waals surface area contributed by atoms with Crippen LogP contribution in [0.4, 0.5) is 0 Å². The van der Waals surface area contributed by atoms with Gasteiger partial charge in [0.25, 0.3) is 0 Å². The lowest BCUT2D eigenvalue weighted by Gasteiger charge is -2.53. The first-order chi connectivity index (χ1) is 8.50. The van der Waals surface area contributed by atoms with E-state index in [-0.39, 0.29) is 0 Å². The number of benzene rings is 1. The Hall–Kier alpha value is -0.820. The van der Waals surface area contributed by atoms with Crippen molar-refractivity contribution in [3.05, 3.63) is 35.9 Å². The van der Waals surface area contributed by atoms with Crippen LogP contribution in [0.15, 0.2) is 30.3 Å². The molecule has 0 aliphatic heterocycles. The van der Waals surface area contributed by atoms with Gasteiger partial charge < -0.3 is 5.32 Å². The summed E-state index contributed by atoms with van der Waals surface area (Å²) in [7, 11) is 0. The van der Waals surface area contributed by atoms with Gasteiger partial charge in [-0.25, -0.2) is 0 Å². The maximum absolute atomic E-state index is 3.76. The Morgan fingerprint density at radius 3 is 2.17 bits per heavy atom. The third kappa shape index (κ3) is 2.33. The van der Waals surface area contributed by atoms with Crippen molar-refractivity contribution in [2.24, 2.45) is 5.41 Å². The molecule has 2 rings (SSSR count). The smallest absolute Gasteiger partial charge is 0.0212 e. The predicted molar refractivity (Wildman–Crippen MR) is 78.9 cm³/mol. The maximum atomic E-state index is 3.76. The first-order valence-electron chi connectivity index (χ1n) is 7.29. The second-order valence-electron chi connectivity index (χ2n) is 6.73. The van der Waals surface area contributed by atoms with Crippen molar-refractivity contribution < 1.29 is 0 Å². The van der Waals surface area contributed by atoms with Gasteiger partial charge in [0.15, 0.2) is 0 Å². The van der Waals surface area contributed by atoms with Crippen molar-refractivity contribution >= 4 is 0 Å². The highest BCUT2D eigenvalue weighted by molar-refractivity contribution is 5.31. The average Bonchev–Trinajstić information content (AvgIpc) is 2.27. The predicted octanol–water partition coefficient (Wildman–Crippen LogP) is 4.13. The van der Waals surface area contributed by atoms with E-state index in [2.05, 4.69) is 63.3 Å². The summed E-state index contributed by atoms with van der Waals surface area (Å²) in [5.74, 6) is 0. The lowest BCUT2D eigenvalue weighted by molar-refractivity contribution is 0.0906. The van der Waals surface area contributed by atoms with Gasteiger partial charge in [-0.3, -0.25) is 0 Å². The quantitative estimate of drug-likeness (QED) is 0.841. The highest BCUT2D eigenvalue weighted by Crippen LogP contribution is 2.50.